The van der Waals surface area contributed by atoms with Crippen molar-refractivity contribution in [3.63, 3.8) is 0 Å². The molecule has 2 aromatic heterocycles. The van der Waals surface area contributed by atoms with Crippen LogP contribution in [0.3, 0.4) is 0 Å². The Morgan fingerprint density at radius 1 is 1.03 bits per heavy atom. The maximum absolute atomic E-state index is 13.7. The molecular weight excluding hydrogens is 509 g/mol. The van der Waals surface area contributed by atoms with E-state index in [4.69, 9.17) is 33.7 Å². The SMILES string of the molecule is CC1(COc2ccc(Cl)cn2)CN(C(=O)C2CCN(c3ccc(N)nc3)CC2)CC1c1ccc(Cl)cc1. The number of pyridine rings is 2. The largest absolute Gasteiger partial charge is 0.477 e. The van der Waals surface area contributed by atoms with E-state index in [1.54, 1.807) is 24.5 Å². The molecule has 2 aliphatic heterocycles. The van der Waals surface area contributed by atoms with Crippen LogP contribution < -0.4 is 15.4 Å². The number of hydrogen-bond donors (Lipinski definition) is 1. The Morgan fingerprint density at radius 2 is 1.76 bits per heavy atom. The highest BCUT2D eigenvalue weighted by Gasteiger charge is 2.47. The first kappa shape index (κ1) is 25.6. The summed E-state index contributed by atoms with van der Waals surface area (Å²) in [7, 11) is 0. The molecule has 37 heavy (non-hydrogen) atoms. The van der Waals surface area contributed by atoms with Gasteiger partial charge in [-0.05, 0) is 48.7 Å². The van der Waals surface area contributed by atoms with E-state index in [1.807, 2.05) is 29.2 Å². The van der Waals surface area contributed by atoms with Gasteiger partial charge in [0.2, 0.25) is 11.8 Å². The average molecular weight is 540 g/mol. The van der Waals surface area contributed by atoms with Gasteiger partial charge in [-0.25, -0.2) is 9.97 Å². The van der Waals surface area contributed by atoms with Gasteiger partial charge in [-0.15, -0.1) is 0 Å². The number of aromatic nitrogens is 2. The highest BCUT2D eigenvalue weighted by atomic mass is 35.5. The minimum Gasteiger partial charge on any atom is -0.477 e. The molecular formula is C28H31Cl2N5O2. The van der Waals surface area contributed by atoms with Crippen LogP contribution in [0.4, 0.5) is 11.5 Å². The summed E-state index contributed by atoms with van der Waals surface area (Å²) >= 11 is 12.1. The number of benzene rings is 1. The molecule has 7 nitrogen and oxygen atoms in total. The highest BCUT2D eigenvalue weighted by Crippen LogP contribution is 2.44. The molecule has 2 atom stereocenters. The number of anilines is 2. The maximum Gasteiger partial charge on any atom is 0.225 e. The highest BCUT2D eigenvalue weighted by molar-refractivity contribution is 6.30. The van der Waals surface area contributed by atoms with Crippen molar-refractivity contribution >= 4 is 40.6 Å². The van der Waals surface area contributed by atoms with Gasteiger partial charge in [0.15, 0.2) is 0 Å². The molecule has 2 N–H and O–H groups in total. The number of carbonyl (C=O) groups is 1. The third-order valence-corrected chi connectivity index (χ3v) is 8.09. The first-order valence-electron chi connectivity index (χ1n) is 12.6. The summed E-state index contributed by atoms with van der Waals surface area (Å²) in [6, 6.07) is 15.3. The number of piperidine rings is 1. The lowest BCUT2D eigenvalue weighted by atomic mass is 9.77. The van der Waals surface area contributed by atoms with Crippen molar-refractivity contribution in [1.29, 1.82) is 0 Å². The molecule has 9 heteroatoms. The predicted octanol–water partition coefficient (Wildman–Crippen LogP) is 5.29. The number of rotatable bonds is 6. The Labute approximate surface area is 227 Å². The number of amides is 1. The average Bonchev–Trinajstić information content (AvgIpc) is 3.26. The van der Waals surface area contributed by atoms with Crippen LogP contribution in [-0.4, -0.2) is 53.6 Å². The van der Waals surface area contributed by atoms with Crippen molar-refractivity contribution in [2.45, 2.75) is 25.7 Å². The van der Waals surface area contributed by atoms with Crippen molar-refractivity contribution in [3.05, 3.63) is 76.5 Å². The summed E-state index contributed by atoms with van der Waals surface area (Å²) in [5.74, 6) is 1.38. The van der Waals surface area contributed by atoms with Gasteiger partial charge in [0.1, 0.15) is 5.82 Å². The Hall–Kier alpha value is -3.03. The van der Waals surface area contributed by atoms with Gasteiger partial charge in [-0.3, -0.25) is 4.79 Å². The molecule has 194 valence electrons. The Balaban J connectivity index is 1.28. The lowest BCUT2D eigenvalue weighted by molar-refractivity contribution is -0.135. The van der Waals surface area contributed by atoms with Crippen LogP contribution in [0.25, 0.3) is 0 Å². The Kier molecular flexibility index (Phi) is 7.45. The molecule has 0 spiro atoms. The van der Waals surface area contributed by atoms with E-state index in [0.29, 0.717) is 41.4 Å². The fraction of sp³-hybridized carbons (Fsp3) is 0.393. The predicted molar refractivity (Wildman–Crippen MR) is 147 cm³/mol. The number of ether oxygens (including phenoxy) is 1. The summed E-state index contributed by atoms with van der Waals surface area (Å²) in [4.78, 5) is 26.5. The van der Waals surface area contributed by atoms with Crippen molar-refractivity contribution in [3.8, 4) is 5.88 Å². The molecule has 0 aliphatic carbocycles. The molecule has 0 bridgehead atoms. The number of nitrogen functional groups attached to an aromatic ring is 1. The number of hydrogen-bond acceptors (Lipinski definition) is 6. The van der Waals surface area contributed by atoms with E-state index in [2.05, 4.69) is 33.9 Å². The number of nitrogens with two attached hydrogens (primary N) is 1. The van der Waals surface area contributed by atoms with Gasteiger partial charge in [-0.2, -0.15) is 0 Å². The molecule has 4 heterocycles. The van der Waals surface area contributed by atoms with E-state index >= 15 is 0 Å². The molecule has 1 amide bonds. The summed E-state index contributed by atoms with van der Waals surface area (Å²) in [5, 5.41) is 1.26. The maximum atomic E-state index is 13.7. The van der Waals surface area contributed by atoms with Gasteiger partial charge in [0.05, 0.1) is 23.5 Å². The third kappa shape index (κ3) is 5.78. The van der Waals surface area contributed by atoms with E-state index < -0.39 is 0 Å². The van der Waals surface area contributed by atoms with Crippen molar-refractivity contribution < 1.29 is 9.53 Å². The second-order valence-electron chi connectivity index (χ2n) is 10.3. The van der Waals surface area contributed by atoms with Gasteiger partial charge in [0, 0.05) is 60.7 Å². The van der Waals surface area contributed by atoms with E-state index in [0.717, 1.165) is 37.2 Å². The lowest BCUT2D eigenvalue weighted by Gasteiger charge is -2.34. The van der Waals surface area contributed by atoms with Gasteiger partial charge < -0.3 is 20.3 Å². The van der Waals surface area contributed by atoms with Crippen molar-refractivity contribution in [2.75, 3.05) is 43.4 Å². The minimum absolute atomic E-state index is 0.00468. The van der Waals surface area contributed by atoms with Crippen LogP contribution in [0.5, 0.6) is 5.88 Å². The summed E-state index contributed by atoms with van der Waals surface area (Å²) in [6.45, 7) is 5.52. The molecule has 2 saturated heterocycles. The molecule has 0 radical (unpaired) electrons. The zero-order valence-electron chi connectivity index (χ0n) is 20.8. The fourth-order valence-electron chi connectivity index (χ4n) is 5.48. The first-order chi connectivity index (χ1) is 17.8. The number of likely N-dealkylation sites (tertiary alicyclic amines) is 1. The monoisotopic (exact) mass is 539 g/mol. The molecule has 2 aliphatic rings. The molecule has 1 aromatic carbocycles. The molecule has 0 saturated carbocycles. The number of carbonyl (C=O) groups excluding carboxylic acids is 1. The summed E-state index contributed by atoms with van der Waals surface area (Å²) < 4.78 is 6.11. The fourth-order valence-corrected chi connectivity index (χ4v) is 5.72. The first-order valence-corrected chi connectivity index (χ1v) is 13.3. The molecule has 2 unspecified atom stereocenters. The van der Waals surface area contributed by atoms with Crippen LogP contribution in [0.1, 0.15) is 31.2 Å². The quantitative estimate of drug-likeness (QED) is 0.457. The Bertz CT molecular complexity index is 1210. The van der Waals surface area contributed by atoms with Crippen molar-refractivity contribution in [1.82, 2.24) is 14.9 Å². The normalized spacial score (nSPS) is 22.3. The van der Waals surface area contributed by atoms with Crippen LogP contribution >= 0.6 is 23.2 Å². The standard InChI is InChI=1S/C28H31Cl2N5O2/c1-28(18-37-26-9-6-22(30)14-33-26)17-35(16-24(28)19-2-4-21(29)5-3-19)27(36)20-10-12-34(13-11-20)23-7-8-25(31)32-15-23/h2-9,14-15,20,24H,10-13,16-18H2,1H3,(H2,31,32). The third-order valence-electron chi connectivity index (χ3n) is 7.61. The van der Waals surface area contributed by atoms with Gasteiger partial charge in [-0.1, -0.05) is 42.3 Å². The Morgan fingerprint density at radius 3 is 2.41 bits per heavy atom. The molecule has 3 aromatic rings. The van der Waals surface area contributed by atoms with Crippen LogP contribution in [0.15, 0.2) is 60.9 Å². The zero-order valence-corrected chi connectivity index (χ0v) is 22.3. The topological polar surface area (TPSA) is 84.6 Å². The van der Waals surface area contributed by atoms with Crippen molar-refractivity contribution in [2.24, 2.45) is 11.3 Å². The van der Waals surface area contributed by atoms with E-state index in [9.17, 15) is 4.79 Å². The minimum atomic E-state index is -0.291. The smallest absolute Gasteiger partial charge is 0.225 e. The lowest BCUT2D eigenvalue weighted by Crippen LogP contribution is -2.42. The van der Waals surface area contributed by atoms with Gasteiger partial charge >= 0.3 is 0 Å². The second-order valence-corrected chi connectivity index (χ2v) is 11.2. The number of nitrogens with zero attached hydrogens (tertiary/aromatic N) is 4. The summed E-state index contributed by atoms with van der Waals surface area (Å²) in [6.07, 6.45) is 5.00. The molecule has 5 rings (SSSR count). The van der Waals surface area contributed by atoms with E-state index in [-0.39, 0.29) is 23.2 Å². The second kappa shape index (κ2) is 10.8. The zero-order chi connectivity index (χ0) is 26.0. The molecule has 2 fully saturated rings. The summed E-state index contributed by atoms with van der Waals surface area (Å²) in [5.41, 5.74) is 7.64. The number of halogens is 2. The van der Waals surface area contributed by atoms with Crippen LogP contribution in [-0.2, 0) is 4.79 Å². The van der Waals surface area contributed by atoms with Crippen LogP contribution in [0, 0.1) is 11.3 Å². The van der Waals surface area contributed by atoms with E-state index in [1.165, 1.54) is 0 Å². The van der Waals surface area contributed by atoms with Crippen LogP contribution in [0.2, 0.25) is 10.0 Å². The van der Waals surface area contributed by atoms with Gasteiger partial charge in [0.25, 0.3) is 0 Å².